The number of pyridine rings is 1. The van der Waals surface area contributed by atoms with E-state index in [4.69, 9.17) is 22.1 Å². The first-order valence-corrected chi connectivity index (χ1v) is 13.1. The monoisotopic (exact) mass is 500 g/mol. The molecule has 180 valence electrons. The van der Waals surface area contributed by atoms with Gasteiger partial charge in [-0.05, 0) is 62.5 Å². The summed E-state index contributed by atoms with van der Waals surface area (Å²) in [6.07, 6.45) is 6.45. The van der Waals surface area contributed by atoms with Gasteiger partial charge in [-0.2, -0.15) is 5.11 Å². The molecule has 1 aromatic carbocycles. The van der Waals surface area contributed by atoms with Gasteiger partial charge in [0.1, 0.15) is 17.4 Å². The summed E-state index contributed by atoms with van der Waals surface area (Å²) in [5, 5.41) is 4.06. The molecule has 5 rings (SSSR count). The minimum atomic E-state index is -0.242. The summed E-state index contributed by atoms with van der Waals surface area (Å²) in [5.41, 5.74) is 8.51. The third-order valence-electron chi connectivity index (χ3n) is 6.81. The molecule has 1 aromatic heterocycles. The average molecular weight is 501 g/mol. The molecule has 2 unspecified atom stereocenters. The Bertz CT molecular complexity index is 1040. The van der Waals surface area contributed by atoms with Gasteiger partial charge in [0.15, 0.2) is 11.6 Å². The Balaban J connectivity index is 1.21. The van der Waals surface area contributed by atoms with Crippen LogP contribution in [0.15, 0.2) is 46.2 Å². The van der Waals surface area contributed by atoms with Crippen LogP contribution in [0.1, 0.15) is 36.0 Å². The van der Waals surface area contributed by atoms with E-state index in [-0.39, 0.29) is 23.3 Å². The van der Waals surface area contributed by atoms with Crippen molar-refractivity contribution in [2.75, 3.05) is 38.5 Å². The van der Waals surface area contributed by atoms with E-state index in [2.05, 4.69) is 19.5 Å². The van der Waals surface area contributed by atoms with Crippen LogP contribution in [0.3, 0.4) is 0 Å². The molecule has 2 atom stereocenters. The van der Waals surface area contributed by atoms with E-state index in [0.717, 1.165) is 37.1 Å². The quantitative estimate of drug-likeness (QED) is 0.464. The lowest BCUT2D eigenvalue weighted by Gasteiger charge is -2.36. The zero-order valence-corrected chi connectivity index (χ0v) is 20.5. The van der Waals surface area contributed by atoms with Crippen LogP contribution in [-0.2, 0) is 0 Å². The van der Waals surface area contributed by atoms with Crippen molar-refractivity contribution in [3.8, 4) is 16.9 Å². The van der Waals surface area contributed by atoms with Crippen LogP contribution < -0.4 is 10.5 Å². The molecule has 34 heavy (non-hydrogen) atoms. The number of nitrogens with zero attached hydrogens (tertiary/aromatic N) is 5. The third-order valence-corrected chi connectivity index (χ3v) is 8.05. The lowest BCUT2D eigenvalue weighted by atomic mass is 10.0. The van der Waals surface area contributed by atoms with Gasteiger partial charge in [0.2, 0.25) is 0 Å². The van der Waals surface area contributed by atoms with Gasteiger partial charge < -0.3 is 20.3 Å². The number of hydrogen-bond acceptors (Lipinski definition) is 8. The molecule has 2 fully saturated rings. The molecule has 3 aliphatic rings. The summed E-state index contributed by atoms with van der Waals surface area (Å²) >= 11 is 7.39. The molecular weight excluding hydrogens is 472 g/mol. The molecule has 4 heterocycles. The summed E-state index contributed by atoms with van der Waals surface area (Å²) < 4.78 is 9.47. The van der Waals surface area contributed by atoms with Crippen LogP contribution in [0.5, 0.6) is 5.75 Å². The highest BCUT2D eigenvalue weighted by atomic mass is 35.5. The maximum Gasteiger partial charge on any atom is 0.253 e. The third kappa shape index (κ3) is 5.16. The number of alkyl halides is 1. The second-order valence-electron chi connectivity index (χ2n) is 8.98. The predicted octanol–water partition coefficient (Wildman–Crippen LogP) is 4.46. The second-order valence-corrected chi connectivity index (χ2v) is 10.6. The summed E-state index contributed by atoms with van der Waals surface area (Å²) in [6.45, 7) is 4.36. The Morgan fingerprint density at radius 2 is 1.85 bits per heavy atom. The Morgan fingerprint density at radius 1 is 1.12 bits per heavy atom. The average Bonchev–Trinajstić information content (AvgIpc) is 3.55. The van der Waals surface area contributed by atoms with Gasteiger partial charge in [-0.25, -0.2) is 4.98 Å². The molecule has 1 amide bonds. The number of carbonyl (C=O) groups excluding carboxylic acids is 1. The normalized spacial score (nSPS) is 23.5. The van der Waals surface area contributed by atoms with E-state index in [1.165, 1.54) is 37.9 Å². The number of likely N-dealkylation sites (tertiary alicyclic amines) is 2. The molecule has 2 aromatic rings. The number of piperidine rings is 1. The largest absolute Gasteiger partial charge is 0.487 e. The van der Waals surface area contributed by atoms with Crippen molar-refractivity contribution in [2.24, 2.45) is 9.63 Å². The highest BCUT2D eigenvalue weighted by Crippen LogP contribution is 2.32. The summed E-state index contributed by atoms with van der Waals surface area (Å²) in [4.78, 5) is 21.9. The van der Waals surface area contributed by atoms with Gasteiger partial charge >= 0.3 is 0 Å². The van der Waals surface area contributed by atoms with E-state index >= 15 is 0 Å². The van der Waals surface area contributed by atoms with Crippen molar-refractivity contribution in [3.63, 3.8) is 0 Å². The smallest absolute Gasteiger partial charge is 0.253 e. The first kappa shape index (κ1) is 23.4. The van der Waals surface area contributed by atoms with Crippen LogP contribution >= 0.6 is 23.5 Å². The number of nitrogen functional groups attached to an aromatic ring is 1. The minimum Gasteiger partial charge on any atom is -0.487 e. The van der Waals surface area contributed by atoms with Crippen LogP contribution in [0.2, 0.25) is 0 Å². The van der Waals surface area contributed by atoms with Crippen molar-refractivity contribution < 1.29 is 9.53 Å². The van der Waals surface area contributed by atoms with Crippen molar-refractivity contribution in [2.45, 2.75) is 42.5 Å². The van der Waals surface area contributed by atoms with E-state index in [1.807, 2.05) is 35.2 Å². The zero-order chi connectivity index (χ0) is 23.5. The summed E-state index contributed by atoms with van der Waals surface area (Å²) in [5.74, 6) is 0.890. The van der Waals surface area contributed by atoms with Crippen molar-refractivity contribution in [3.05, 3.63) is 42.1 Å². The summed E-state index contributed by atoms with van der Waals surface area (Å²) in [7, 11) is 0. The minimum absolute atomic E-state index is 0.102. The maximum atomic E-state index is 13.0. The lowest BCUT2D eigenvalue weighted by Crippen LogP contribution is -2.45. The summed E-state index contributed by atoms with van der Waals surface area (Å²) in [6, 6.07) is 9.92. The standard InChI is InChI=1S/C24H29ClN6O2S/c25-22-20(28-29-34-22)15-33-21-13-18(14-27-23(21)26)16-3-5-17(6-4-16)24(32)31-11-7-19(8-12-31)30-9-1-2-10-30/h3-6,13-14,19-20,22H,1-2,7-12,15H2,(H2,26,27). The number of hydrogen-bond donors (Lipinski definition) is 1. The van der Waals surface area contributed by atoms with Crippen molar-refractivity contribution >= 4 is 35.3 Å². The zero-order valence-electron chi connectivity index (χ0n) is 19.0. The van der Waals surface area contributed by atoms with Gasteiger partial charge in [0.25, 0.3) is 5.91 Å². The highest BCUT2D eigenvalue weighted by molar-refractivity contribution is 7.99. The molecular formula is C24H29ClN6O2S. The fourth-order valence-corrected chi connectivity index (χ4v) is 5.57. The molecule has 10 heteroatoms. The van der Waals surface area contributed by atoms with E-state index < -0.39 is 0 Å². The Kier molecular flexibility index (Phi) is 7.22. The first-order valence-electron chi connectivity index (χ1n) is 11.8. The molecule has 0 spiro atoms. The van der Waals surface area contributed by atoms with Gasteiger partial charge in [0, 0.05) is 48.4 Å². The van der Waals surface area contributed by atoms with Crippen molar-refractivity contribution in [1.29, 1.82) is 0 Å². The predicted molar refractivity (Wildman–Crippen MR) is 135 cm³/mol. The molecule has 3 aliphatic heterocycles. The van der Waals surface area contributed by atoms with Gasteiger partial charge in [0.05, 0.1) is 0 Å². The van der Waals surface area contributed by atoms with E-state index in [0.29, 0.717) is 23.2 Å². The van der Waals surface area contributed by atoms with Crippen molar-refractivity contribution in [1.82, 2.24) is 14.8 Å². The lowest BCUT2D eigenvalue weighted by molar-refractivity contribution is 0.0644. The number of nitrogens with two attached hydrogens (primary N) is 1. The molecule has 0 radical (unpaired) electrons. The number of anilines is 1. The van der Waals surface area contributed by atoms with E-state index in [1.54, 1.807) is 6.20 Å². The Labute approximate surface area is 209 Å². The second kappa shape index (κ2) is 10.5. The molecule has 2 saturated heterocycles. The molecule has 0 saturated carbocycles. The van der Waals surface area contributed by atoms with Gasteiger partial charge in [-0.15, -0.1) is 16.1 Å². The number of amides is 1. The van der Waals surface area contributed by atoms with Gasteiger partial charge in [-0.1, -0.05) is 12.1 Å². The number of halogens is 1. The maximum absolute atomic E-state index is 13.0. The highest BCUT2D eigenvalue weighted by Gasteiger charge is 2.29. The topological polar surface area (TPSA) is 96.4 Å². The van der Waals surface area contributed by atoms with Crippen LogP contribution in [0, 0.1) is 0 Å². The Hall–Kier alpha value is -2.36. The van der Waals surface area contributed by atoms with E-state index in [9.17, 15) is 4.79 Å². The Morgan fingerprint density at radius 3 is 2.53 bits per heavy atom. The van der Waals surface area contributed by atoms with Crippen LogP contribution in [0.4, 0.5) is 5.82 Å². The number of rotatable bonds is 6. The number of aromatic nitrogens is 1. The number of benzene rings is 1. The molecule has 2 N–H and O–H groups in total. The SMILES string of the molecule is Nc1ncc(-c2ccc(C(=O)N3CCC(N4CCCC4)CC3)cc2)cc1OCC1N=NSC1Cl. The number of carbonyl (C=O) groups is 1. The van der Waals surface area contributed by atoms with Crippen LogP contribution in [-0.4, -0.2) is 70.3 Å². The molecule has 8 nitrogen and oxygen atoms in total. The fourth-order valence-electron chi connectivity index (χ4n) is 4.80. The molecule has 0 aliphatic carbocycles. The molecule has 0 bridgehead atoms. The van der Waals surface area contributed by atoms with Gasteiger partial charge in [-0.3, -0.25) is 4.79 Å². The van der Waals surface area contributed by atoms with Crippen LogP contribution in [0.25, 0.3) is 11.1 Å². The number of ether oxygens (including phenoxy) is 1. The first-order chi connectivity index (χ1) is 16.6. The fraction of sp³-hybridized carbons (Fsp3) is 0.500.